The van der Waals surface area contributed by atoms with Gasteiger partial charge in [0.1, 0.15) is 6.98 Å². The van der Waals surface area contributed by atoms with Crippen molar-refractivity contribution in [2.24, 2.45) is 0 Å². The molecule has 31 heavy (non-hydrogen) atoms. The van der Waals surface area contributed by atoms with Crippen LogP contribution < -0.4 is 0 Å². The van der Waals surface area contributed by atoms with Crippen molar-refractivity contribution in [2.45, 2.75) is 83.2 Å². The maximum absolute atomic E-state index is 11.5. The van der Waals surface area contributed by atoms with Gasteiger partial charge in [0.15, 0.2) is 0 Å². The van der Waals surface area contributed by atoms with Gasteiger partial charge in [0.25, 0.3) is 18.9 Å². The van der Waals surface area contributed by atoms with Gasteiger partial charge in [-0.15, -0.1) is 0 Å². The number of hydrogen-bond acceptors (Lipinski definition) is 4. The SMILES string of the molecule is CCCCCC[N+](C)(CCCC)CCCC.O=S(=O)(PS(=O)(=O)C(F)(F)F)C(F)(F)F. The van der Waals surface area contributed by atoms with Gasteiger partial charge in [-0.2, -0.15) is 26.3 Å². The second-order valence-corrected chi connectivity index (χ2v) is 15.9. The van der Waals surface area contributed by atoms with Crippen molar-refractivity contribution < 1.29 is 47.7 Å². The first-order chi connectivity index (χ1) is 13.9. The maximum Gasteiger partial charge on any atom is 0.501 e. The summed E-state index contributed by atoms with van der Waals surface area (Å²) in [5, 5.41) is 0. The number of rotatable bonds is 13. The van der Waals surface area contributed by atoms with Crippen LogP contribution in [0, 0.1) is 0 Å². The van der Waals surface area contributed by atoms with Crippen molar-refractivity contribution in [1.82, 2.24) is 0 Å². The largest absolute Gasteiger partial charge is 0.501 e. The van der Waals surface area contributed by atoms with E-state index in [9.17, 15) is 43.2 Å². The first-order valence-corrected chi connectivity index (χ1v) is 15.6. The zero-order chi connectivity index (χ0) is 25.0. The van der Waals surface area contributed by atoms with E-state index in [1.165, 1.54) is 75.5 Å². The number of quaternary nitrogens is 1. The standard InChI is InChI=1S/C15H34N.C2HF6O4PS2/c1-5-8-11-12-15-16(4,13-9-6-2)14-10-7-3;3-1(4,5)14(9,10)13-15(11,12)2(6,7)8/h5-15H2,1-4H3;13H/q+1;. The van der Waals surface area contributed by atoms with Crippen LogP contribution in [0.25, 0.3) is 0 Å². The summed E-state index contributed by atoms with van der Waals surface area (Å²) in [5.41, 5.74) is -12.0. The van der Waals surface area contributed by atoms with Crippen LogP contribution >= 0.6 is 6.98 Å². The molecule has 0 rings (SSSR count). The Kier molecular flexibility index (Phi) is 15.1. The number of alkyl halides is 6. The van der Waals surface area contributed by atoms with Gasteiger partial charge in [-0.05, 0) is 25.7 Å². The van der Waals surface area contributed by atoms with E-state index in [-0.39, 0.29) is 0 Å². The molecular formula is C17H35F6NO4PS2+. The third kappa shape index (κ3) is 13.9. The van der Waals surface area contributed by atoms with Gasteiger partial charge in [0, 0.05) is 0 Å². The second-order valence-electron chi connectivity index (χ2n) is 7.54. The summed E-state index contributed by atoms with van der Waals surface area (Å²) in [6.07, 6.45) is 11.1. The average Bonchev–Trinajstić information content (AvgIpc) is 2.60. The van der Waals surface area contributed by atoms with Crippen molar-refractivity contribution in [3.63, 3.8) is 0 Å². The molecule has 0 fully saturated rings. The third-order valence-electron chi connectivity index (χ3n) is 4.48. The fourth-order valence-corrected chi connectivity index (χ4v) is 8.79. The highest BCUT2D eigenvalue weighted by Gasteiger charge is 2.55. The van der Waals surface area contributed by atoms with Crippen LogP contribution in [0.4, 0.5) is 26.3 Å². The monoisotopic (exact) mass is 526 g/mol. The Balaban J connectivity index is 0. The minimum absolute atomic E-state index is 1.32. The summed E-state index contributed by atoms with van der Waals surface area (Å²) in [5.74, 6) is 0. The summed E-state index contributed by atoms with van der Waals surface area (Å²) >= 11 is 0. The predicted molar refractivity (Wildman–Crippen MR) is 113 cm³/mol. The molecule has 0 spiro atoms. The Bertz CT molecular complexity index is 644. The van der Waals surface area contributed by atoms with Crippen LogP contribution in [0.1, 0.15) is 72.1 Å². The summed E-state index contributed by atoms with van der Waals surface area (Å²) in [4.78, 5) is 0. The molecule has 0 atom stereocenters. The fraction of sp³-hybridized carbons (Fsp3) is 1.00. The van der Waals surface area contributed by atoms with Crippen molar-refractivity contribution in [1.29, 1.82) is 0 Å². The lowest BCUT2D eigenvalue weighted by Gasteiger charge is -2.35. The number of halogens is 6. The molecule has 190 valence electrons. The van der Waals surface area contributed by atoms with Crippen molar-refractivity contribution in [3.8, 4) is 0 Å². The number of nitrogens with zero attached hydrogens (tertiary/aromatic N) is 1. The van der Waals surface area contributed by atoms with E-state index in [1.54, 1.807) is 0 Å². The zero-order valence-electron chi connectivity index (χ0n) is 18.4. The van der Waals surface area contributed by atoms with Gasteiger partial charge in [-0.25, -0.2) is 16.8 Å². The van der Waals surface area contributed by atoms with E-state index in [0.29, 0.717) is 0 Å². The normalized spacial score (nSPS) is 13.6. The topological polar surface area (TPSA) is 68.3 Å². The van der Waals surface area contributed by atoms with E-state index in [1.807, 2.05) is 0 Å². The first-order valence-electron chi connectivity index (χ1n) is 10.1. The van der Waals surface area contributed by atoms with Gasteiger partial charge in [0.05, 0.1) is 26.7 Å². The molecule has 0 aromatic heterocycles. The molecule has 0 aliphatic rings. The van der Waals surface area contributed by atoms with Gasteiger partial charge in [-0.3, -0.25) is 0 Å². The van der Waals surface area contributed by atoms with Crippen LogP contribution in [0.2, 0.25) is 0 Å². The quantitative estimate of drug-likeness (QED) is 0.128. The van der Waals surface area contributed by atoms with Crippen LogP contribution in [-0.4, -0.2) is 59.0 Å². The Morgan fingerprint density at radius 3 is 1.23 bits per heavy atom. The average molecular weight is 527 g/mol. The fourth-order valence-electron chi connectivity index (χ4n) is 2.57. The lowest BCUT2D eigenvalue weighted by molar-refractivity contribution is -0.910. The minimum atomic E-state index is -6.32. The Labute approximate surface area is 183 Å². The van der Waals surface area contributed by atoms with E-state index in [4.69, 9.17) is 0 Å². The van der Waals surface area contributed by atoms with E-state index < -0.39 is 36.9 Å². The zero-order valence-corrected chi connectivity index (χ0v) is 21.1. The molecule has 0 saturated carbocycles. The number of unbranched alkanes of at least 4 members (excludes halogenated alkanes) is 5. The van der Waals surface area contributed by atoms with E-state index in [0.717, 1.165) is 0 Å². The lowest BCUT2D eigenvalue weighted by Crippen LogP contribution is -2.46. The van der Waals surface area contributed by atoms with E-state index in [2.05, 4.69) is 27.8 Å². The van der Waals surface area contributed by atoms with Crippen molar-refractivity contribution in [3.05, 3.63) is 0 Å². The van der Waals surface area contributed by atoms with Gasteiger partial charge < -0.3 is 4.48 Å². The van der Waals surface area contributed by atoms with Crippen molar-refractivity contribution in [2.75, 3.05) is 26.7 Å². The van der Waals surface area contributed by atoms with Gasteiger partial charge in [-0.1, -0.05) is 46.5 Å². The molecule has 0 unspecified atom stereocenters. The molecular weight excluding hydrogens is 491 g/mol. The Morgan fingerprint density at radius 1 is 0.613 bits per heavy atom. The molecule has 5 nitrogen and oxygen atoms in total. The van der Waals surface area contributed by atoms with Crippen LogP contribution in [0.15, 0.2) is 0 Å². The summed E-state index contributed by atoms with van der Waals surface area (Å²) in [6, 6.07) is 0. The molecule has 0 heterocycles. The maximum atomic E-state index is 11.5. The molecule has 14 heteroatoms. The van der Waals surface area contributed by atoms with E-state index >= 15 is 0 Å². The highest BCUT2D eigenvalue weighted by Crippen LogP contribution is 2.46. The second kappa shape index (κ2) is 14.2. The van der Waals surface area contributed by atoms with Gasteiger partial charge in [0.2, 0.25) is 0 Å². The first kappa shape index (κ1) is 33.0. The highest BCUT2D eigenvalue weighted by molar-refractivity contribution is 8.76. The summed E-state index contributed by atoms with van der Waals surface area (Å²) in [7, 11) is -10.2. The van der Waals surface area contributed by atoms with Gasteiger partial charge >= 0.3 is 11.0 Å². The Morgan fingerprint density at radius 2 is 0.935 bits per heavy atom. The molecule has 0 aliphatic carbocycles. The molecule has 0 amide bonds. The molecule has 0 aliphatic heterocycles. The molecule has 0 saturated heterocycles. The molecule has 0 aromatic carbocycles. The summed E-state index contributed by atoms with van der Waals surface area (Å²) < 4.78 is 111. The van der Waals surface area contributed by atoms with Crippen molar-refractivity contribution >= 4 is 25.9 Å². The third-order valence-corrected chi connectivity index (χ3v) is 12.8. The van der Waals surface area contributed by atoms with Crippen LogP contribution in [0.3, 0.4) is 0 Å². The highest BCUT2D eigenvalue weighted by atomic mass is 33.1. The lowest BCUT2D eigenvalue weighted by atomic mass is 10.1. The molecule has 0 bridgehead atoms. The molecule has 0 N–H and O–H groups in total. The minimum Gasteiger partial charge on any atom is -0.326 e. The Hall–Kier alpha value is -0.130. The molecule has 0 radical (unpaired) electrons. The van der Waals surface area contributed by atoms with Crippen LogP contribution in [0.5, 0.6) is 0 Å². The smallest absolute Gasteiger partial charge is 0.326 e. The molecule has 0 aromatic rings. The number of hydrogen-bond donors (Lipinski definition) is 0. The summed E-state index contributed by atoms with van der Waals surface area (Å²) in [6.45, 7) is 7.78. The predicted octanol–water partition coefficient (Wildman–Crippen LogP) is 5.98. The van der Waals surface area contributed by atoms with Crippen LogP contribution in [-0.2, 0) is 18.9 Å².